The average molecular weight is 557 g/mol. The van der Waals surface area contributed by atoms with Gasteiger partial charge in [-0.1, -0.05) is 37.5 Å². The molecule has 0 spiro atoms. The van der Waals surface area contributed by atoms with Gasteiger partial charge in [0.1, 0.15) is 17.7 Å². The van der Waals surface area contributed by atoms with Crippen LogP contribution in [-0.2, 0) is 19.6 Å². The number of nitrogens with two attached hydrogens (primary N) is 1. The predicted octanol–water partition coefficient (Wildman–Crippen LogP) is 3.92. The Morgan fingerprint density at radius 1 is 1.05 bits per heavy atom. The molecule has 11 heteroatoms. The molecule has 0 radical (unpaired) electrons. The van der Waals surface area contributed by atoms with Gasteiger partial charge in [-0.3, -0.25) is 4.79 Å². The zero-order chi connectivity index (χ0) is 27.6. The zero-order valence-electron chi connectivity index (χ0n) is 22.2. The molecule has 1 aromatic heterocycles. The fourth-order valence-electron chi connectivity index (χ4n) is 5.54. The average Bonchev–Trinajstić information content (AvgIpc) is 3.70. The number of hydrogen-bond donors (Lipinski definition) is 2. The number of aromatic nitrogens is 1. The van der Waals surface area contributed by atoms with Crippen molar-refractivity contribution in [2.45, 2.75) is 87.4 Å². The van der Waals surface area contributed by atoms with Crippen molar-refractivity contribution in [3.63, 3.8) is 0 Å². The Labute approximate surface area is 229 Å². The number of piperidine rings is 1. The van der Waals surface area contributed by atoms with Crippen molar-refractivity contribution in [3.8, 4) is 5.75 Å². The molecule has 3 fully saturated rings. The summed E-state index contributed by atoms with van der Waals surface area (Å²) in [7, 11) is -4.22. The van der Waals surface area contributed by atoms with Gasteiger partial charge in [0.05, 0.1) is 0 Å². The molecule has 2 saturated carbocycles. The quantitative estimate of drug-likeness (QED) is 0.499. The molecule has 2 aromatic rings. The number of carbonyl (C=O) groups is 2. The van der Waals surface area contributed by atoms with E-state index in [1.54, 1.807) is 12.1 Å². The van der Waals surface area contributed by atoms with E-state index in [1.807, 2.05) is 17.9 Å². The number of benzene rings is 1. The normalized spacial score (nSPS) is 19.8. The molecule has 3 aliphatic rings. The van der Waals surface area contributed by atoms with Gasteiger partial charge in [-0.15, -0.1) is 0 Å². The largest absolute Gasteiger partial charge is 0.477 e. The fourth-order valence-corrected chi connectivity index (χ4v) is 6.55. The zero-order valence-corrected chi connectivity index (χ0v) is 23.0. The minimum Gasteiger partial charge on any atom is -0.477 e. The maximum Gasteiger partial charge on any atom is 0.404 e. The summed E-state index contributed by atoms with van der Waals surface area (Å²) in [4.78, 5) is 30.6. The Morgan fingerprint density at radius 3 is 2.44 bits per heavy atom. The van der Waals surface area contributed by atoms with Crippen LogP contribution in [0.3, 0.4) is 0 Å². The van der Waals surface area contributed by atoms with Gasteiger partial charge in [-0.2, -0.15) is 8.42 Å². The number of anilines is 1. The Balaban J connectivity index is 1.27. The highest BCUT2D eigenvalue weighted by Gasteiger charge is 2.54. The first-order valence-electron chi connectivity index (χ1n) is 13.7. The second-order valence-corrected chi connectivity index (χ2v) is 12.5. The summed E-state index contributed by atoms with van der Waals surface area (Å²) < 4.78 is 40.0. The molecule has 210 valence electrons. The van der Waals surface area contributed by atoms with Crippen LogP contribution in [0.15, 0.2) is 41.4 Å². The minimum absolute atomic E-state index is 0.238. The second-order valence-electron chi connectivity index (χ2n) is 10.9. The van der Waals surface area contributed by atoms with Gasteiger partial charge >= 0.3 is 6.09 Å². The van der Waals surface area contributed by atoms with Crippen LogP contribution in [0.5, 0.6) is 5.75 Å². The first kappa shape index (κ1) is 27.2. The van der Waals surface area contributed by atoms with Crippen LogP contribution in [0, 0.1) is 6.92 Å². The summed E-state index contributed by atoms with van der Waals surface area (Å²) in [5, 5.41) is -0.238. The van der Waals surface area contributed by atoms with Crippen molar-refractivity contribution < 1.29 is 27.5 Å². The summed E-state index contributed by atoms with van der Waals surface area (Å²) in [5.41, 5.74) is 6.03. The van der Waals surface area contributed by atoms with Crippen molar-refractivity contribution in [1.29, 1.82) is 0 Å². The molecule has 10 nitrogen and oxygen atoms in total. The SMILES string of the molecule is Cc1ccc(C2CCCCC2)c(OC2(C(=O)NS(=O)(=O)c3cccc(N4CCC(OC(N)=O)CC4)n3)CC2)c1. The van der Waals surface area contributed by atoms with Crippen LogP contribution < -0.4 is 20.1 Å². The maximum absolute atomic E-state index is 13.3. The molecular weight excluding hydrogens is 520 g/mol. The molecule has 1 aromatic carbocycles. The van der Waals surface area contributed by atoms with E-state index in [1.165, 1.54) is 25.3 Å². The highest BCUT2D eigenvalue weighted by molar-refractivity contribution is 7.90. The summed E-state index contributed by atoms with van der Waals surface area (Å²) in [6.07, 6.45) is 6.69. The van der Waals surface area contributed by atoms with Gasteiger partial charge in [0.25, 0.3) is 15.9 Å². The predicted molar refractivity (Wildman–Crippen MR) is 145 cm³/mol. The van der Waals surface area contributed by atoms with E-state index >= 15 is 0 Å². The number of hydrogen-bond acceptors (Lipinski definition) is 8. The van der Waals surface area contributed by atoms with Crippen LogP contribution >= 0.6 is 0 Å². The lowest BCUT2D eigenvalue weighted by molar-refractivity contribution is -0.128. The third kappa shape index (κ3) is 6.29. The van der Waals surface area contributed by atoms with Gasteiger partial charge in [-0.05, 0) is 55.0 Å². The monoisotopic (exact) mass is 556 g/mol. The maximum atomic E-state index is 13.3. The molecule has 2 aliphatic carbocycles. The number of amides is 2. The number of rotatable bonds is 8. The van der Waals surface area contributed by atoms with E-state index in [0.717, 1.165) is 24.0 Å². The Morgan fingerprint density at radius 2 is 1.77 bits per heavy atom. The van der Waals surface area contributed by atoms with Crippen LogP contribution in [0.4, 0.5) is 10.6 Å². The number of primary amides is 1. The van der Waals surface area contributed by atoms with E-state index in [2.05, 4.69) is 21.8 Å². The number of aryl methyl sites for hydroxylation is 1. The topological polar surface area (TPSA) is 141 Å². The van der Waals surface area contributed by atoms with E-state index in [4.69, 9.17) is 15.2 Å². The third-order valence-corrected chi connectivity index (χ3v) is 9.13. The van der Waals surface area contributed by atoms with Crippen LogP contribution in [0.2, 0.25) is 0 Å². The molecule has 5 rings (SSSR count). The highest BCUT2D eigenvalue weighted by Crippen LogP contribution is 2.45. The Kier molecular flexibility index (Phi) is 7.70. The lowest BCUT2D eigenvalue weighted by Gasteiger charge is -2.32. The van der Waals surface area contributed by atoms with Gasteiger partial charge in [-0.25, -0.2) is 14.5 Å². The number of carbonyl (C=O) groups excluding carboxylic acids is 2. The van der Waals surface area contributed by atoms with Gasteiger partial charge in [0, 0.05) is 38.8 Å². The van der Waals surface area contributed by atoms with Crippen molar-refractivity contribution in [3.05, 3.63) is 47.5 Å². The third-order valence-electron chi connectivity index (χ3n) is 7.90. The fraction of sp³-hybridized carbons (Fsp3) is 0.536. The molecule has 39 heavy (non-hydrogen) atoms. The number of nitrogens with one attached hydrogen (secondary N) is 1. The standard InChI is InChI=1S/C28H36N4O6S/c1-19-10-11-22(20-6-3-2-4-7-20)23(18-19)38-28(14-15-28)26(33)31-39(35,36)25-9-5-8-24(30-25)32-16-12-21(13-17-32)37-27(29)34/h5,8-11,18,20-21H,2-4,6-7,12-17H2,1H3,(H2,29,34)(H,31,33). The molecule has 1 aliphatic heterocycles. The molecule has 3 N–H and O–H groups in total. The van der Waals surface area contributed by atoms with Crippen molar-refractivity contribution in [2.24, 2.45) is 5.73 Å². The van der Waals surface area contributed by atoms with E-state index in [0.29, 0.717) is 56.3 Å². The van der Waals surface area contributed by atoms with E-state index in [9.17, 15) is 18.0 Å². The summed E-state index contributed by atoms with van der Waals surface area (Å²) in [6, 6.07) is 10.8. The van der Waals surface area contributed by atoms with E-state index in [-0.39, 0.29) is 11.1 Å². The van der Waals surface area contributed by atoms with Crippen molar-refractivity contribution in [1.82, 2.24) is 9.71 Å². The highest BCUT2D eigenvalue weighted by atomic mass is 32.2. The first-order chi connectivity index (χ1) is 18.6. The second kappa shape index (κ2) is 11.0. The number of nitrogens with zero attached hydrogens (tertiary/aromatic N) is 2. The summed E-state index contributed by atoms with van der Waals surface area (Å²) in [6.45, 7) is 3.03. The van der Waals surface area contributed by atoms with Crippen LogP contribution in [0.1, 0.15) is 74.8 Å². The Hall–Kier alpha value is -3.34. The van der Waals surface area contributed by atoms with Gasteiger partial charge in [0.15, 0.2) is 10.6 Å². The van der Waals surface area contributed by atoms with E-state index < -0.39 is 27.6 Å². The molecule has 0 unspecified atom stereocenters. The molecule has 1 saturated heterocycles. The van der Waals surface area contributed by atoms with Crippen molar-refractivity contribution in [2.75, 3.05) is 18.0 Å². The van der Waals surface area contributed by atoms with Crippen LogP contribution in [0.25, 0.3) is 0 Å². The minimum atomic E-state index is -4.22. The lowest BCUT2D eigenvalue weighted by atomic mass is 9.83. The Bertz CT molecular complexity index is 1330. The number of pyridine rings is 1. The number of ether oxygens (including phenoxy) is 2. The molecule has 0 atom stereocenters. The molecule has 2 heterocycles. The van der Waals surface area contributed by atoms with Crippen molar-refractivity contribution >= 4 is 27.8 Å². The molecule has 0 bridgehead atoms. The lowest BCUT2D eigenvalue weighted by Crippen LogP contribution is -2.44. The van der Waals surface area contributed by atoms with Crippen LogP contribution in [-0.4, -0.2) is 50.2 Å². The first-order valence-corrected chi connectivity index (χ1v) is 15.2. The van der Waals surface area contributed by atoms with Gasteiger partial charge in [0.2, 0.25) is 0 Å². The number of sulfonamides is 1. The molecular formula is C28H36N4O6S. The summed E-state index contributed by atoms with van der Waals surface area (Å²) in [5.74, 6) is 0.861. The van der Waals surface area contributed by atoms with Gasteiger partial charge < -0.3 is 20.1 Å². The summed E-state index contributed by atoms with van der Waals surface area (Å²) >= 11 is 0. The smallest absolute Gasteiger partial charge is 0.404 e. The molecule has 2 amide bonds.